The molecule has 0 saturated heterocycles. The van der Waals surface area contributed by atoms with Gasteiger partial charge in [-0.1, -0.05) is 30.3 Å². The first-order valence-electron chi connectivity index (χ1n) is 10.3. The quantitative estimate of drug-likeness (QED) is 0.449. The van der Waals surface area contributed by atoms with Crippen molar-refractivity contribution in [3.63, 3.8) is 0 Å². The van der Waals surface area contributed by atoms with Gasteiger partial charge in [0, 0.05) is 24.6 Å². The zero-order valence-corrected chi connectivity index (χ0v) is 19.3. The number of sulfone groups is 1. The Kier molecular flexibility index (Phi) is 5.60. The Morgan fingerprint density at radius 3 is 2.28 bits per heavy atom. The van der Waals surface area contributed by atoms with Gasteiger partial charge in [-0.05, 0) is 61.9 Å². The molecule has 0 aliphatic carbocycles. The highest BCUT2D eigenvalue weighted by atomic mass is 32.2. The number of nitrogens with zero attached hydrogens (tertiary/aromatic N) is 3. The second-order valence-corrected chi connectivity index (χ2v) is 9.98. The van der Waals surface area contributed by atoms with Crippen LogP contribution in [0.3, 0.4) is 0 Å². The standard InChI is InChI=1S/C25H25N3O3S/c1-17(19-10-13-22(14-11-19)32(4,30)31)27(3)25(29)20-12-15-24-23(16-20)26-18(2)28(24)21-8-6-5-7-9-21/h5-17H,1-4H3. The van der Waals surface area contributed by atoms with Crippen LogP contribution in [0.1, 0.15) is 34.7 Å². The molecule has 0 aliphatic heterocycles. The summed E-state index contributed by atoms with van der Waals surface area (Å²) in [5.41, 5.74) is 4.14. The molecule has 0 bridgehead atoms. The van der Waals surface area contributed by atoms with Crippen molar-refractivity contribution >= 4 is 26.8 Å². The van der Waals surface area contributed by atoms with Crippen LogP contribution in [0.25, 0.3) is 16.7 Å². The van der Waals surface area contributed by atoms with Crippen LogP contribution in [0.15, 0.2) is 77.7 Å². The van der Waals surface area contributed by atoms with E-state index in [4.69, 9.17) is 0 Å². The maximum Gasteiger partial charge on any atom is 0.254 e. The summed E-state index contributed by atoms with van der Waals surface area (Å²) < 4.78 is 25.5. The number of hydrogen-bond acceptors (Lipinski definition) is 4. The van der Waals surface area contributed by atoms with E-state index in [0.29, 0.717) is 5.56 Å². The zero-order valence-electron chi connectivity index (χ0n) is 18.5. The fraction of sp³-hybridized carbons (Fsp3) is 0.200. The van der Waals surface area contributed by atoms with Gasteiger partial charge in [0.25, 0.3) is 5.91 Å². The molecule has 1 aromatic heterocycles. The fourth-order valence-electron chi connectivity index (χ4n) is 3.83. The van der Waals surface area contributed by atoms with Crippen molar-refractivity contribution < 1.29 is 13.2 Å². The Labute approximate surface area is 188 Å². The van der Waals surface area contributed by atoms with E-state index >= 15 is 0 Å². The second kappa shape index (κ2) is 8.24. The van der Waals surface area contributed by atoms with Gasteiger partial charge in [-0.25, -0.2) is 13.4 Å². The van der Waals surface area contributed by atoms with Gasteiger partial charge < -0.3 is 4.90 Å². The fourth-order valence-corrected chi connectivity index (χ4v) is 4.46. The Morgan fingerprint density at radius 2 is 1.66 bits per heavy atom. The lowest BCUT2D eigenvalue weighted by Crippen LogP contribution is -2.29. The Bertz CT molecular complexity index is 1390. The minimum atomic E-state index is -3.26. The van der Waals surface area contributed by atoms with Crippen LogP contribution in [0, 0.1) is 6.92 Å². The predicted molar refractivity (Wildman–Crippen MR) is 126 cm³/mol. The van der Waals surface area contributed by atoms with Crippen LogP contribution < -0.4 is 0 Å². The highest BCUT2D eigenvalue weighted by molar-refractivity contribution is 7.90. The van der Waals surface area contributed by atoms with Crippen LogP contribution in [0.4, 0.5) is 0 Å². The van der Waals surface area contributed by atoms with Crippen molar-refractivity contribution in [3.05, 3.63) is 89.7 Å². The molecule has 4 aromatic rings. The van der Waals surface area contributed by atoms with Gasteiger partial charge in [0.15, 0.2) is 9.84 Å². The van der Waals surface area contributed by atoms with Crippen LogP contribution in [-0.2, 0) is 9.84 Å². The molecule has 164 valence electrons. The van der Waals surface area contributed by atoms with Crippen molar-refractivity contribution in [2.24, 2.45) is 0 Å². The zero-order chi connectivity index (χ0) is 23.0. The van der Waals surface area contributed by atoms with Crippen molar-refractivity contribution in [1.82, 2.24) is 14.5 Å². The monoisotopic (exact) mass is 447 g/mol. The van der Waals surface area contributed by atoms with E-state index in [1.54, 1.807) is 36.2 Å². The number of para-hydroxylation sites is 1. The summed E-state index contributed by atoms with van der Waals surface area (Å²) in [6.07, 6.45) is 1.18. The minimum absolute atomic E-state index is 0.126. The molecule has 1 unspecified atom stereocenters. The molecule has 0 fully saturated rings. The highest BCUT2D eigenvalue weighted by Gasteiger charge is 2.21. The Balaban J connectivity index is 1.62. The van der Waals surface area contributed by atoms with Gasteiger partial charge >= 0.3 is 0 Å². The van der Waals surface area contributed by atoms with Crippen LogP contribution >= 0.6 is 0 Å². The number of carbonyl (C=O) groups excluding carboxylic acids is 1. The number of carbonyl (C=O) groups is 1. The molecule has 0 aliphatic rings. The molecule has 1 atom stereocenters. The molecule has 0 saturated carbocycles. The Hall–Kier alpha value is -3.45. The van der Waals surface area contributed by atoms with E-state index < -0.39 is 9.84 Å². The molecule has 0 radical (unpaired) electrons. The molecule has 0 N–H and O–H groups in total. The number of aromatic nitrogens is 2. The highest BCUT2D eigenvalue weighted by Crippen LogP contribution is 2.25. The van der Waals surface area contributed by atoms with E-state index in [0.717, 1.165) is 28.1 Å². The minimum Gasteiger partial charge on any atom is -0.335 e. The maximum atomic E-state index is 13.2. The van der Waals surface area contributed by atoms with Gasteiger partial charge in [0.2, 0.25) is 0 Å². The first-order chi connectivity index (χ1) is 15.2. The smallest absolute Gasteiger partial charge is 0.254 e. The van der Waals surface area contributed by atoms with Crippen molar-refractivity contribution in [3.8, 4) is 5.69 Å². The molecule has 7 heteroatoms. The third kappa shape index (κ3) is 4.03. The van der Waals surface area contributed by atoms with Crippen LogP contribution in [-0.4, -0.2) is 42.1 Å². The average molecular weight is 448 g/mol. The van der Waals surface area contributed by atoms with Crippen molar-refractivity contribution in [2.75, 3.05) is 13.3 Å². The number of benzene rings is 3. The Morgan fingerprint density at radius 1 is 1.00 bits per heavy atom. The van der Waals surface area contributed by atoms with Crippen molar-refractivity contribution in [1.29, 1.82) is 0 Å². The topological polar surface area (TPSA) is 72.3 Å². The third-order valence-electron chi connectivity index (χ3n) is 5.78. The van der Waals surface area contributed by atoms with E-state index in [1.807, 2.05) is 62.4 Å². The SMILES string of the molecule is Cc1nc2cc(C(=O)N(C)C(C)c3ccc(S(C)(=O)=O)cc3)ccc2n1-c1ccccc1. The summed E-state index contributed by atoms with van der Waals surface area (Å²) in [7, 11) is -1.51. The third-order valence-corrected chi connectivity index (χ3v) is 6.90. The molecule has 6 nitrogen and oxygen atoms in total. The van der Waals surface area contributed by atoms with Crippen molar-refractivity contribution in [2.45, 2.75) is 24.8 Å². The van der Waals surface area contributed by atoms with E-state index in [2.05, 4.69) is 9.55 Å². The first kappa shape index (κ1) is 21.8. The van der Waals surface area contributed by atoms with E-state index in [9.17, 15) is 13.2 Å². The molecule has 3 aromatic carbocycles. The average Bonchev–Trinajstić information content (AvgIpc) is 3.12. The summed E-state index contributed by atoms with van der Waals surface area (Å²) in [4.78, 5) is 19.8. The number of aryl methyl sites for hydroxylation is 1. The lowest BCUT2D eigenvalue weighted by atomic mass is 10.1. The molecular weight excluding hydrogens is 422 g/mol. The van der Waals surface area contributed by atoms with Gasteiger partial charge in [0.1, 0.15) is 5.82 Å². The van der Waals surface area contributed by atoms with E-state index in [-0.39, 0.29) is 16.8 Å². The summed E-state index contributed by atoms with van der Waals surface area (Å²) in [6, 6.07) is 22.0. The van der Waals surface area contributed by atoms with E-state index in [1.165, 1.54) is 6.26 Å². The summed E-state index contributed by atoms with van der Waals surface area (Å²) in [6.45, 7) is 3.86. The summed E-state index contributed by atoms with van der Waals surface area (Å²) in [5, 5.41) is 0. The molecule has 4 rings (SSSR count). The lowest BCUT2D eigenvalue weighted by molar-refractivity contribution is 0.0742. The van der Waals surface area contributed by atoms with Crippen LogP contribution in [0.2, 0.25) is 0 Å². The largest absolute Gasteiger partial charge is 0.335 e. The van der Waals surface area contributed by atoms with Crippen LogP contribution in [0.5, 0.6) is 0 Å². The number of rotatable bonds is 5. The number of amides is 1. The second-order valence-electron chi connectivity index (χ2n) is 7.97. The maximum absolute atomic E-state index is 13.2. The van der Waals surface area contributed by atoms with Gasteiger partial charge in [-0.2, -0.15) is 0 Å². The first-order valence-corrected chi connectivity index (χ1v) is 12.2. The molecule has 0 spiro atoms. The normalized spacial score (nSPS) is 12.6. The lowest BCUT2D eigenvalue weighted by Gasteiger charge is -2.25. The summed E-state index contributed by atoms with van der Waals surface area (Å²) in [5.74, 6) is 0.724. The number of imidazole rings is 1. The number of hydrogen-bond donors (Lipinski definition) is 0. The predicted octanol–water partition coefficient (Wildman–Crippen LogP) is 4.57. The molecule has 1 heterocycles. The summed E-state index contributed by atoms with van der Waals surface area (Å²) >= 11 is 0. The van der Waals surface area contributed by atoms with Gasteiger partial charge in [-0.15, -0.1) is 0 Å². The number of fused-ring (bicyclic) bond motifs is 1. The van der Waals surface area contributed by atoms with Gasteiger partial charge in [-0.3, -0.25) is 9.36 Å². The molecule has 32 heavy (non-hydrogen) atoms. The molecular formula is C25H25N3O3S. The molecule has 1 amide bonds. The van der Waals surface area contributed by atoms with Gasteiger partial charge in [0.05, 0.1) is 22.0 Å².